The molecule has 5 heteroatoms. The van der Waals surface area contributed by atoms with Crippen LogP contribution in [0.4, 0.5) is 5.69 Å². The number of halogens is 1. The molecule has 166 valence electrons. The first-order valence-electron chi connectivity index (χ1n) is 11.0. The van der Waals surface area contributed by atoms with Crippen molar-refractivity contribution in [3.8, 4) is 5.75 Å². The van der Waals surface area contributed by atoms with E-state index in [2.05, 4.69) is 87.1 Å². The molecular formula is C25H38BrNO2Si. The van der Waals surface area contributed by atoms with E-state index in [1.54, 1.807) is 0 Å². The zero-order valence-electron chi connectivity index (χ0n) is 19.4. The van der Waals surface area contributed by atoms with Gasteiger partial charge in [0, 0.05) is 11.9 Å². The lowest BCUT2D eigenvalue weighted by molar-refractivity contribution is 0.265. The molecule has 0 heterocycles. The van der Waals surface area contributed by atoms with Crippen LogP contribution in [0.2, 0.25) is 16.6 Å². The largest absolute Gasteiger partial charge is 0.487 e. The summed E-state index contributed by atoms with van der Waals surface area (Å²) < 4.78 is 12.8. The number of para-hydroxylation sites is 2. The van der Waals surface area contributed by atoms with Gasteiger partial charge in [-0.15, -0.1) is 0 Å². The summed E-state index contributed by atoms with van der Waals surface area (Å²) in [6.45, 7) is 16.1. The van der Waals surface area contributed by atoms with Crippen LogP contribution in [-0.2, 0) is 17.6 Å². The number of rotatable bonds is 12. The number of nitrogens with one attached hydrogen (secondary N) is 1. The van der Waals surface area contributed by atoms with Crippen molar-refractivity contribution in [3.05, 3.63) is 59.7 Å². The molecule has 30 heavy (non-hydrogen) atoms. The van der Waals surface area contributed by atoms with Gasteiger partial charge in [0.05, 0.1) is 12.3 Å². The lowest BCUT2D eigenvalue weighted by Gasteiger charge is -2.42. The standard InChI is InChI=1S/C25H38BrNO2Si/c1-19(2)30(20(3)4,21(5)6)29-18-23-13-11-22(12-14-23)17-28-25-10-8-7-9-24(25)27-16-15-26/h7-14,19-21,27H,15-18H2,1-6H3. The molecule has 0 atom stereocenters. The van der Waals surface area contributed by atoms with E-state index in [-0.39, 0.29) is 0 Å². The minimum absolute atomic E-state index is 0.552. The van der Waals surface area contributed by atoms with Crippen LogP contribution < -0.4 is 10.1 Å². The van der Waals surface area contributed by atoms with Crippen molar-refractivity contribution in [1.82, 2.24) is 0 Å². The van der Waals surface area contributed by atoms with Gasteiger partial charge in [0.25, 0.3) is 0 Å². The summed E-state index contributed by atoms with van der Waals surface area (Å²) in [5.74, 6) is 0.882. The zero-order valence-corrected chi connectivity index (χ0v) is 22.0. The fourth-order valence-electron chi connectivity index (χ4n) is 4.52. The molecule has 1 N–H and O–H groups in total. The molecule has 0 radical (unpaired) electrons. The Hall–Kier alpha value is -1.30. The Balaban J connectivity index is 1.99. The van der Waals surface area contributed by atoms with Gasteiger partial charge >= 0.3 is 0 Å². The summed E-state index contributed by atoms with van der Waals surface area (Å²) in [7, 11) is -1.84. The van der Waals surface area contributed by atoms with Gasteiger partial charge in [-0.1, -0.05) is 93.9 Å². The van der Waals surface area contributed by atoms with Crippen molar-refractivity contribution < 1.29 is 9.16 Å². The van der Waals surface area contributed by atoms with Crippen LogP contribution >= 0.6 is 15.9 Å². The van der Waals surface area contributed by atoms with E-state index in [0.29, 0.717) is 29.8 Å². The van der Waals surface area contributed by atoms with Crippen molar-refractivity contribution in [1.29, 1.82) is 0 Å². The summed E-state index contributed by atoms with van der Waals surface area (Å²) in [6, 6.07) is 16.7. The van der Waals surface area contributed by atoms with Gasteiger partial charge in [0.1, 0.15) is 12.4 Å². The third-order valence-electron chi connectivity index (χ3n) is 5.91. The average molecular weight is 493 g/mol. The number of hydrogen-bond donors (Lipinski definition) is 1. The highest BCUT2D eigenvalue weighted by molar-refractivity contribution is 9.09. The molecule has 2 rings (SSSR count). The van der Waals surface area contributed by atoms with Crippen LogP contribution in [0.25, 0.3) is 0 Å². The first-order chi connectivity index (χ1) is 14.3. The summed E-state index contributed by atoms with van der Waals surface area (Å²) in [5, 5.41) is 4.28. The summed E-state index contributed by atoms with van der Waals surface area (Å²) in [5.41, 5.74) is 5.22. The van der Waals surface area contributed by atoms with Crippen LogP contribution in [0, 0.1) is 0 Å². The van der Waals surface area contributed by atoms with Gasteiger partial charge in [-0.3, -0.25) is 0 Å². The van der Waals surface area contributed by atoms with E-state index in [1.165, 1.54) is 5.56 Å². The second kappa shape index (κ2) is 11.9. The molecule has 0 aliphatic carbocycles. The molecule has 2 aromatic carbocycles. The fourth-order valence-corrected chi connectivity index (χ4v) is 10.1. The average Bonchev–Trinajstić information content (AvgIpc) is 2.71. The van der Waals surface area contributed by atoms with Gasteiger partial charge in [0.2, 0.25) is 8.32 Å². The molecular weight excluding hydrogens is 454 g/mol. The summed E-state index contributed by atoms with van der Waals surface area (Å²) >= 11 is 3.45. The highest BCUT2D eigenvalue weighted by atomic mass is 79.9. The number of ether oxygens (including phenoxy) is 1. The van der Waals surface area contributed by atoms with E-state index in [0.717, 1.165) is 28.9 Å². The summed E-state index contributed by atoms with van der Waals surface area (Å²) in [6.07, 6.45) is 0. The van der Waals surface area contributed by atoms with Crippen LogP contribution in [-0.4, -0.2) is 20.2 Å². The molecule has 2 aromatic rings. The third-order valence-corrected chi connectivity index (χ3v) is 12.4. The molecule has 0 spiro atoms. The monoisotopic (exact) mass is 491 g/mol. The number of hydrogen-bond acceptors (Lipinski definition) is 3. The summed E-state index contributed by atoms with van der Waals surface area (Å²) in [4.78, 5) is 0. The Morgan fingerprint density at radius 3 is 1.87 bits per heavy atom. The Morgan fingerprint density at radius 2 is 1.33 bits per heavy atom. The molecule has 0 saturated carbocycles. The highest BCUT2D eigenvalue weighted by Crippen LogP contribution is 2.42. The second-order valence-electron chi connectivity index (χ2n) is 8.82. The van der Waals surface area contributed by atoms with Crippen molar-refractivity contribution in [3.63, 3.8) is 0 Å². The minimum atomic E-state index is -1.84. The van der Waals surface area contributed by atoms with Crippen molar-refractivity contribution >= 4 is 29.9 Å². The van der Waals surface area contributed by atoms with Gasteiger partial charge in [-0.2, -0.15) is 0 Å². The maximum Gasteiger partial charge on any atom is 0.200 e. The predicted octanol–water partition coefficient (Wildman–Crippen LogP) is 7.76. The predicted molar refractivity (Wildman–Crippen MR) is 135 cm³/mol. The molecule has 0 fully saturated rings. The lowest BCUT2D eigenvalue weighted by atomic mass is 10.1. The lowest BCUT2D eigenvalue weighted by Crippen LogP contribution is -2.47. The van der Waals surface area contributed by atoms with Crippen molar-refractivity contribution in [2.45, 2.75) is 71.4 Å². The Kier molecular flexibility index (Phi) is 9.92. The zero-order chi connectivity index (χ0) is 22.1. The minimum Gasteiger partial charge on any atom is -0.487 e. The first-order valence-corrected chi connectivity index (χ1v) is 14.3. The third kappa shape index (κ3) is 6.35. The van der Waals surface area contributed by atoms with Crippen molar-refractivity contribution in [2.24, 2.45) is 0 Å². The molecule has 0 aliphatic heterocycles. The first kappa shape index (κ1) is 25.0. The molecule has 0 bridgehead atoms. The topological polar surface area (TPSA) is 30.5 Å². The van der Waals surface area contributed by atoms with E-state index in [4.69, 9.17) is 9.16 Å². The molecule has 0 amide bonds. The van der Waals surface area contributed by atoms with Gasteiger partial charge < -0.3 is 14.5 Å². The highest BCUT2D eigenvalue weighted by Gasteiger charge is 2.44. The molecule has 0 unspecified atom stereocenters. The second-order valence-corrected chi connectivity index (χ2v) is 15.1. The van der Waals surface area contributed by atoms with E-state index >= 15 is 0 Å². The SMILES string of the molecule is CC(C)[Si](OCc1ccc(COc2ccccc2NCCBr)cc1)(C(C)C)C(C)C. The normalized spacial score (nSPS) is 12.1. The van der Waals surface area contributed by atoms with Crippen molar-refractivity contribution in [2.75, 3.05) is 17.2 Å². The van der Waals surface area contributed by atoms with Crippen LogP contribution in [0.1, 0.15) is 52.7 Å². The Morgan fingerprint density at radius 1 is 0.800 bits per heavy atom. The number of alkyl halides is 1. The van der Waals surface area contributed by atoms with Gasteiger partial charge in [-0.05, 0) is 39.9 Å². The quantitative estimate of drug-likeness (QED) is 0.243. The maximum absolute atomic E-state index is 6.72. The van der Waals surface area contributed by atoms with Crippen LogP contribution in [0.5, 0.6) is 5.75 Å². The number of benzene rings is 2. The van der Waals surface area contributed by atoms with E-state index < -0.39 is 8.32 Å². The molecule has 0 aliphatic rings. The van der Waals surface area contributed by atoms with Crippen LogP contribution in [0.3, 0.4) is 0 Å². The van der Waals surface area contributed by atoms with E-state index in [9.17, 15) is 0 Å². The molecule has 3 nitrogen and oxygen atoms in total. The fraction of sp³-hybridized carbons (Fsp3) is 0.520. The number of anilines is 1. The Labute approximate surface area is 192 Å². The Bertz CT molecular complexity index is 740. The molecule has 0 saturated heterocycles. The van der Waals surface area contributed by atoms with E-state index in [1.807, 2.05) is 24.3 Å². The molecule has 0 aromatic heterocycles. The van der Waals surface area contributed by atoms with Gasteiger partial charge in [-0.25, -0.2) is 0 Å². The van der Waals surface area contributed by atoms with Gasteiger partial charge in [0.15, 0.2) is 0 Å². The smallest absolute Gasteiger partial charge is 0.200 e. The maximum atomic E-state index is 6.72. The van der Waals surface area contributed by atoms with Crippen LogP contribution in [0.15, 0.2) is 48.5 Å².